The van der Waals surface area contributed by atoms with E-state index < -0.39 is 12.0 Å². The second-order valence-corrected chi connectivity index (χ2v) is 10.3. The van der Waals surface area contributed by atoms with E-state index in [0.717, 1.165) is 47.7 Å². The molecule has 0 bridgehead atoms. The van der Waals surface area contributed by atoms with Gasteiger partial charge in [-0.1, -0.05) is 55.7 Å². The number of aryl methyl sites for hydroxylation is 1. The molecular weight excluding hydrogens is 451 g/mol. The van der Waals surface area contributed by atoms with Crippen LogP contribution in [0.2, 0.25) is 0 Å². The molecule has 0 spiro atoms. The third-order valence-electron chi connectivity index (χ3n) is 6.71. The van der Waals surface area contributed by atoms with Crippen molar-refractivity contribution >= 4 is 23.6 Å². The molecule has 0 aromatic heterocycles. The average Bonchev–Trinajstić information content (AvgIpc) is 2.85. The van der Waals surface area contributed by atoms with E-state index in [9.17, 15) is 14.7 Å². The van der Waals surface area contributed by atoms with Crippen LogP contribution in [-0.2, 0) is 11.2 Å². The van der Waals surface area contributed by atoms with Crippen LogP contribution in [0.25, 0.3) is 11.1 Å². The van der Waals surface area contributed by atoms with Gasteiger partial charge in [0.1, 0.15) is 0 Å². The molecular formula is C28H37LiN2O3S. The molecule has 2 aromatic rings. The van der Waals surface area contributed by atoms with Crippen LogP contribution in [0.15, 0.2) is 42.5 Å². The van der Waals surface area contributed by atoms with E-state index in [1.165, 1.54) is 32.1 Å². The predicted octanol–water partition coefficient (Wildman–Crippen LogP) is 0.980. The Morgan fingerprint density at radius 1 is 1.09 bits per heavy atom. The van der Waals surface area contributed by atoms with Crippen molar-refractivity contribution in [2.45, 2.75) is 57.9 Å². The van der Waals surface area contributed by atoms with E-state index in [4.69, 9.17) is 0 Å². The molecule has 2 N–H and O–H groups in total. The van der Waals surface area contributed by atoms with Crippen molar-refractivity contribution in [1.29, 1.82) is 0 Å². The van der Waals surface area contributed by atoms with Gasteiger partial charge in [-0.15, -0.1) is 0 Å². The fourth-order valence-electron chi connectivity index (χ4n) is 4.69. The van der Waals surface area contributed by atoms with Crippen LogP contribution in [0.3, 0.4) is 0 Å². The molecule has 1 atom stereocenters. The number of benzene rings is 2. The van der Waals surface area contributed by atoms with Gasteiger partial charge in [0.25, 0.3) is 5.91 Å². The number of hydrogen-bond acceptors (Lipinski definition) is 5. The molecule has 7 heteroatoms. The minimum absolute atomic E-state index is 0. The fourth-order valence-corrected chi connectivity index (χ4v) is 5.17. The van der Waals surface area contributed by atoms with E-state index in [2.05, 4.69) is 16.7 Å². The van der Waals surface area contributed by atoms with Crippen LogP contribution in [-0.4, -0.2) is 43.0 Å². The molecule has 1 saturated carbocycles. The van der Waals surface area contributed by atoms with Gasteiger partial charge in [-0.25, -0.2) is 0 Å². The Labute approximate surface area is 226 Å². The molecule has 0 unspecified atom stereocenters. The summed E-state index contributed by atoms with van der Waals surface area (Å²) in [4.78, 5) is 24.7. The van der Waals surface area contributed by atoms with Crippen molar-refractivity contribution in [3.05, 3.63) is 59.2 Å². The number of carboxylic acids is 1. The fraction of sp³-hybridized carbons (Fsp3) is 0.500. The molecule has 0 heterocycles. The van der Waals surface area contributed by atoms with Crippen molar-refractivity contribution in [2.75, 3.05) is 25.1 Å². The van der Waals surface area contributed by atoms with Crippen LogP contribution in [0, 0.1) is 12.8 Å². The molecule has 1 aliphatic rings. The summed E-state index contributed by atoms with van der Waals surface area (Å²) in [5, 5.41) is 17.8. The first-order chi connectivity index (χ1) is 16.5. The summed E-state index contributed by atoms with van der Waals surface area (Å²) in [6.45, 7) is 4.00. The SMILES string of the molecule is CSCC[C@H](NC(=O)c1ccc(CCNCC2CCCCC2)cc1-c1ccccc1C)C(=O)[O-].[Li+]. The maximum Gasteiger partial charge on any atom is 1.00 e. The second kappa shape index (κ2) is 15.4. The number of carbonyl (C=O) groups is 2. The molecule has 184 valence electrons. The number of rotatable bonds is 12. The van der Waals surface area contributed by atoms with E-state index in [-0.39, 0.29) is 24.8 Å². The van der Waals surface area contributed by atoms with Gasteiger partial charge >= 0.3 is 18.9 Å². The minimum Gasteiger partial charge on any atom is -0.548 e. The summed E-state index contributed by atoms with van der Waals surface area (Å²) in [5.74, 6) is -0.197. The zero-order chi connectivity index (χ0) is 24.3. The maximum atomic E-state index is 13.2. The largest absolute Gasteiger partial charge is 1.00 e. The molecule has 35 heavy (non-hydrogen) atoms. The zero-order valence-electron chi connectivity index (χ0n) is 21.4. The third kappa shape index (κ3) is 9.02. The van der Waals surface area contributed by atoms with E-state index in [1.807, 2.05) is 49.6 Å². The number of carboxylic acid groups (broad SMARTS) is 1. The number of nitrogens with one attached hydrogen (secondary N) is 2. The van der Waals surface area contributed by atoms with Crippen molar-refractivity contribution < 1.29 is 33.6 Å². The maximum absolute atomic E-state index is 13.2. The molecule has 0 aliphatic heterocycles. The summed E-state index contributed by atoms with van der Waals surface area (Å²) >= 11 is 1.54. The third-order valence-corrected chi connectivity index (χ3v) is 7.36. The van der Waals surface area contributed by atoms with E-state index >= 15 is 0 Å². The average molecular weight is 489 g/mol. The Kier molecular flexibility index (Phi) is 13.0. The van der Waals surface area contributed by atoms with Gasteiger partial charge in [-0.05, 0) is 91.9 Å². The van der Waals surface area contributed by atoms with Gasteiger partial charge in [0.05, 0.1) is 12.0 Å². The monoisotopic (exact) mass is 488 g/mol. The van der Waals surface area contributed by atoms with Crippen LogP contribution >= 0.6 is 11.8 Å². The molecule has 5 nitrogen and oxygen atoms in total. The van der Waals surface area contributed by atoms with Gasteiger partial charge < -0.3 is 20.5 Å². The number of hydrogen-bond donors (Lipinski definition) is 2. The van der Waals surface area contributed by atoms with Crippen molar-refractivity contribution in [1.82, 2.24) is 10.6 Å². The Hall–Kier alpha value is -1.71. The zero-order valence-corrected chi connectivity index (χ0v) is 22.2. The van der Waals surface area contributed by atoms with Crippen LogP contribution in [0.1, 0.15) is 60.0 Å². The summed E-state index contributed by atoms with van der Waals surface area (Å²) in [7, 11) is 0. The standard InChI is InChI=1S/C28H38N2O3S.Li/c1-20-8-6-7-11-23(20)25-18-21(14-16-29-19-22-9-4-3-5-10-22)12-13-24(25)27(31)30-26(28(32)33)15-17-34-2;/h6-8,11-13,18,22,26,29H,3-5,9-10,14-17,19H2,1-2H3,(H,30,31)(H,32,33);/q;+1/p-1/t26-;/m0./s1. The van der Waals surface area contributed by atoms with E-state index in [0.29, 0.717) is 17.7 Å². The summed E-state index contributed by atoms with van der Waals surface area (Å²) in [6.07, 6.45) is 9.86. The number of thioether (sulfide) groups is 1. The van der Waals surface area contributed by atoms with Gasteiger partial charge in [-0.2, -0.15) is 11.8 Å². The topological polar surface area (TPSA) is 81.3 Å². The number of aliphatic carboxylic acids is 1. The number of amides is 1. The van der Waals surface area contributed by atoms with Crippen molar-refractivity contribution in [3.63, 3.8) is 0 Å². The molecule has 2 aromatic carbocycles. The van der Waals surface area contributed by atoms with Crippen molar-refractivity contribution in [2.24, 2.45) is 5.92 Å². The summed E-state index contributed by atoms with van der Waals surface area (Å²) < 4.78 is 0. The summed E-state index contributed by atoms with van der Waals surface area (Å²) in [6, 6.07) is 12.9. The first kappa shape index (κ1) is 29.5. The predicted molar refractivity (Wildman–Crippen MR) is 139 cm³/mol. The first-order valence-corrected chi connectivity index (χ1v) is 13.8. The van der Waals surface area contributed by atoms with Crippen LogP contribution < -0.4 is 34.6 Å². The molecule has 1 aliphatic carbocycles. The van der Waals surface area contributed by atoms with E-state index in [1.54, 1.807) is 11.8 Å². The Balaban J connectivity index is 0.00000432. The molecule has 1 fully saturated rings. The smallest absolute Gasteiger partial charge is 0.548 e. The second-order valence-electron chi connectivity index (χ2n) is 9.28. The number of carbonyl (C=O) groups excluding carboxylic acids is 2. The molecule has 1 amide bonds. The van der Waals surface area contributed by atoms with Gasteiger partial charge in [0.15, 0.2) is 0 Å². The molecule has 0 radical (unpaired) electrons. The van der Waals surface area contributed by atoms with Crippen molar-refractivity contribution in [3.8, 4) is 11.1 Å². The van der Waals surface area contributed by atoms with Crippen LogP contribution in [0.5, 0.6) is 0 Å². The quantitative estimate of drug-likeness (QED) is 0.344. The Morgan fingerprint density at radius 2 is 1.83 bits per heavy atom. The first-order valence-electron chi connectivity index (χ1n) is 12.4. The molecule has 0 saturated heterocycles. The minimum atomic E-state index is -1.25. The van der Waals surface area contributed by atoms with Gasteiger partial charge in [0.2, 0.25) is 0 Å². The van der Waals surface area contributed by atoms with Gasteiger partial charge in [-0.3, -0.25) is 4.79 Å². The van der Waals surface area contributed by atoms with Gasteiger partial charge in [0, 0.05) is 5.56 Å². The molecule has 3 rings (SSSR count). The van der Waals surface area contributed by atoms with Crippen LogP contribution in [0.4, 0.5) is 0 Å². The normalized spacial score (nSPS) is 14.7. The Bertz CT molecular complexity index is 963. The Morgan fingerprint density at radius 3 is 2.51 bits per heavy atom. The summed E-state index contributed by atoms with van der Waals surface area (Å²) in [5.41, 5.74) is 4.54.